The van der Waals surface area contributed by atoms with Gasteiger partial charge in [0, 0.05) is 37.1 Å². The molecule has 25 heavy (non-hydrogen) atoms. The maximum absolute atomic E-state index is 5.57. The summed E-state index contributed by atoms with van der Waals surface area (Å²) in [4.78, 5) is 7.51. The third-order valence-electron chi connectivity index (χ3n) is 5.13. The summed E-state index contributed by atoms with van der Waals surface area (Å²) in [6.07, 6.45) is 4.85. The van der Waals surface area contributed by atoms with Crippen molar-refractivity contribution in [3.8, 4) is 0 Å². The van der Waals surface area contributed by atoms with Crippen molar-refractivity contribution >= 4 is 41.7 Å². The Morgan fingerprint density at radius 2 is 2.00 bits per heavy atom. The van der Waals surface area contributed by atoms with E-state index in [9.17, 15) is 0 Å². The Hall–Kier alpha value is 0.270. The molecule has 1 unspecified atom stereocenters. The second-order valence-electron chi connectivity index (χ2n) is 6.73. The zero-order chi connectivity index (χ0) is 17.3. The van der Waals surface area contributed by atoms with Crippen LogP contribution in [-0.4, -0.2) is 73.3 Å². The van der Waals surface area contributed by atoms with Gasteiger partial charge >= 0.3 is 0 Å². The summed E-state index contributed by atoms with van der Waals surface area (Å²) in [5.41, 5.74) is 0. The molecule has 2 rings (SSSR count). The highest BCUT2D eigenvalue weighted by molar-refractivity contribution is 14.0. The highest BCUT2D eigenvalue weighted by Gasteiger charge is 2.32. The number of likely N-dealkylation sites (N-methyl/N-ethyl adjacent to an activating group) is 1. The van der Waals surface area contributed by atoms with E-state index in [4.69, 9.17) is 9.73 Å². The van der Waals surface area contributed by atoms with E-state index in [1.54, 1.807) is 0 Å². The van der Waals surface area contributed by atoms with Gasteiger partial charge in [-0.25, -0.2) is 0 Å². The molecule has 2 saturated heterocycles. The van der Waals surface area contributed by atoms with Gasteiger partial charge in [-0.05, 0) is 51.4 Å². The molecule has 2 fully saturated rings. The Bertz CT molecular complexity index is 386. The van der Waals surface area contributed by atoms with Crippen LogP contribution in [0, 0.1) is 0 Å². The maximum atomic E-state index is 5.57. The minimum absolute atomic E-state index is 0. The maximum Gasteiger partial charge on any atom is 0.191 e. The zero-order valence-corrected chi connectivity index (χ0v) is 19.3. The molecule has 2 heterocycles. The van der Waals surface area contributed by atoms with E-state index in [0.717, 1.165) is 63.9 Å². The van der Waals surface area contributed by atoms with Crippen LogP contribution in [0.4, 0.5) is 0 Å². The molecule has 1 atom stereocenters. The molecule has 0 spiro atoms. The van der Waals surface area contributed by atoms with Crippen LogP contribution < -0.4 is 10.6 Å². The van der Waals surface area contributed by atoms with Crippen LogP contribution in [0.2, 0.25) is 0 Å². The minimum atomic E-state index is 0. The van der Waals surface area contributed by atoms with Crippen LogP contribution in [-0.2, 0) is 4.74 Å². The average molecular weight is 484 g/mol. The summed E-state index contributed by atoms with van der Waals surface area (Å²) in [6.45, 7) is 13.6. The first-order valence-corrected chi connectivity index (χ1v) is 10.7. The van der Waals surface area contributed by atoms with Crippen molar-refractivity contribution in [2.75, 3.05) is 51.7 Å². The fourth-order valence-corrected chi connectivity index (χ4v) is 4.94. The number of ether oxygens (including phenoxy) is 1. The number of aliphatic imine (C=N–C) groups is 1. The van der Waals surface area contributed by atoms with Crippen molar-refractivity contribution in [3.05, 3.63) is 0 Å². The molecular weight excluding hydrogens is 447 g/mol. The first kappa shape index (κ1) is 23.3. The lowest BCUT2D eigenvalue weighted by atomic mass is 9.99. The van der Waals surface area contributed by atoms with Crippen LogP contribution in [0.25, 0.3) is 0 Å². The highest BCUT2D eigenvalue weighted by atomic mass is 127. The van der Waals surface area contributed by atoms with Crippen molar-refractivity contribution < 1.29 is 4.74 Å². The summed E-state index contributed by atoms with van der Waals surface area (Å²) >= 11 is 2.06. The van der Waals surface area contributed by atoms with Crippen LogP contribution in [0.1, 0.15) is 46.5 Å². The zero-order valence-electron chi connectivity index (χ0n) is 16.2. The Labute approximate surface area is 175 Å². The topological polar surface area (TPSA) is 48.9 Å². The summed E-state index contributed by atoms with van der Waals surface area (Å²) < 4.78 is 5.83. The van der Waals surface area contributed by atoms with E-state index >= 15 is 0 Å². The fourth-order valence-electron chi connectivity index (χ4n) is 3.72. The lowest BCUT2D eigenvalue weighted by Crippen LogP contribution is -2.46. The number of nitrogens with one attached hydrogen (secondary N) is 2. The number of nitrogens with zero attached hydrogens (tertiary/aromatic N) is 2. The van der Waals surface area contributed by atoms with E-state index in [2.05, 4.69) is 48.1 Å². The molecule has 0 aromatic carbocycles. The molecular formula is C18H37IN4OS. The van der Waals surface area contributed by atoms with Crippen LogP contribution >= 0.6 is 35.7 Å². The normalized spacial score (nSPS) is 24.0. The fraction of sp³-hybridized carbons (Fsp3) is 0.944. The molecule has 5 nitrogen and oxygen atoms in total. The van der Waals surface area contributed by atoms with Gasteiger partial charge in [-0.3, -0.25) is 9.89 Å². The Balaban J connectivity index is 0.00000312. The van der Waals surface area contributed by atoms with Gasteiger partial charge in [0.25, 0.3) is 0 Å². The molecule has 0 saturated carbocycles. The van der Waals surface area contributed by atoms with Gasteiger partial charge in [0.1, 0.15) is 0 Å². The van der Waals surface area contributed by atoms with Gasteiger partial charge in [0.15, 0.2) is 5.96 Å². The quantitative estimate of drug-likeness (QED) is 0.315. The number of halogens is 1. The second-order valence-corrected chi connectivity index (χ2v) is 8.46. The van der Waals surface area contributed by atoms with Crippen molar-refractivity contribution in [1.82, 2.24) is 15.5 Å². The predicted molar refractivity (Wildman–Crippen MR) is 121 cm³/mol. The van der Waals surface area contributed by atoms with Gasteiger partial charge in [0.2, 0.25) is 0 Å². The van der Waals surface area contributed by atoms with Crippen molar-refractivity contribution in [2.45, 2.75) is 57.2 Å². The molecule has 2 aliphatic heterocycles. The summed E-state index contributed by atoms with van der Waals surface area (Å²) in [7, 11) is 0. The van der Waals surface area contributed by atoms with Gasteiger partial charge in [0.05, 0.1) is 6.54 Å². The van der Waals surface area contributed by atoms with Crippen LogP contribution in [0.15, 0.2) is 4.99 Å². The largest absolute Gasteiger partial charge is 0.381 e. The molecule has 0 aromatic rings. The molecule has 0 aromatic heterocycles. The van der Waals surface area contributed by atoms with E-state index in [0.29, 0.717) is 6.04 Å². The lowest BCUT2D eigenvalue weighted by molar-refractivity contribution is 0.0793. The molecule has 2 N–H and O–H groups in total. The van der Waals surface area contributed by atoms with Crippen LogP contribution in [0.3, 0.4) is 0 Å². The van der Waals surface area contributed by atoms with Crippen molar-refractivity contribution in [3.63, 3.8) is 0 Å². The smallest absolute Gasteiger partial charge is 0.191 e. The Morgan fingerprint density at radius 1 is 1.24 bits per heavy atom. The highest BCUT2D eigenvalue weighted by Crippen LogP contribution is 2.35. The minimum Gasteiger partial charge on any atom is -0.381 e. The summed E-state index contributed by atoms with van der Waals surface area (Å²) in [6, 6.07) is 0.654. The number of hydrogen-bond donors (Lipinski definition) is 2. The molecule has 2 aliphatic rings. The number of likely N-dealkylation sites (tertiary alicyclic amines) is 1. The second kappa shape index (κ2) is 12.6. The Morgan fingerprint density at radius 3 is 2.64 bits per heavy atom. The number of thioether (sulfide) groups is 1. The monoisotopic (exact) mass is 484 g/mol. The number of hydrogen-bond acceptors (Lipinski definition) is 4. The Kier molecular flexibility index (Phi) is 11.8. The number of guanidine groups is 1. The van der Waals surface area contributed by atoms with E-state index < -0.39 is 0 Å². The predicted octanol–water partition coefficient (Wildman–Crippen LogP) is 2.95. The first-order valence-electron chi connectivity index (χ1n) is 9.71. The van der Waals surface area contributed by atoms with E-state index in [-0.39, 0.29) is 28.7 Å². The summed E-state index contributed by atoms with van der Waals surface area (Å²) in [5.74, 6) is 2.12. The average Bonchev–Trinajstić information content (AvgIpc) is 3.06. The third kappa shape index (κ3) is 7.42. The third-order valence-corrected chi connectivity index (χ3v) is 6.57. The van der Waals surface area contributed by atoms with Crippen LogP contribution in [0.5, 0.6) is 0 Å². The molecule has 148 valence electrons. The molecule has 0 aliphatic carbocycles. The molecule has 0 amide bonds. The van der Waals surface area contributed by atoms with Crippen molar-refractivity contribution in [2.24, 2.45) is 4.99 Å². The molecule has 0 bridgehead atoms. The lowest BCUT2D eigenvalue weighted by Gasteiger charge is -2.35. The molecule has 0 radical (unpaired) electrons. The van der Waals surface area contributed by atoms with Gasteiger partial charge in [-0.1, -0.05) is 13.8 Å². The summed E-state index contributed by atoms with van der Waals surface area (Å²) in [5, 5.41) is 7.00. The molecule has 7 heteroatoms. The van der Waals surface area contributed by atoms with Gasteiger partial charge in [-0.2, -0.15) is 11.8 Å². The number of rotatable bonds is 8. The van der Waals surface area contributed by atoms with Gasteiger partial charge in [-0.15, -0.1) is 24.0 Å². The standard InChI is InChI=1S/C18H36N4OS.HI/c1-4-19-17(20-14-16-8-7-11-22(16)5-2)21-15-18(24-6-3)9-12-23-13-10-18;/h16H,4-15H2,1-3H3,(H2,19,20,21);1H. The SMILES string of the molecule is CCNC(=NCC1(SCC)CCOCC1)NCC1CCCN1CC.I. The first-order chi connectivity index (χ1) is 11.7. The van der Waals surface area contributed by atoms with Crippen molar-refractivity contribution in [1.29, 1.82) is 0 Å². The van der Waals surface area contributed by atoms with E-state index in [1.807, 2.05) is 0 Å². The van der Waals surface area contributed by atoms with Gasteiger partial charge < -0.3 is 15.4 Å². The van der Waals surface area contributed by atoms with E-state index in [1.165, 1.54) is 19.4 Å².